The molecule has 0 saturated carbocycles. The number of hydrogen-bond acceptors (Lipinski definition) is 3. The number of rotatable bonds is 3. The highest BCUT2D eigenvalue weighted by Gasteiger charge is 2.10. The summed E-state index contributed by atoms with van der Waals surface area (Å²) in [5, 5.41) is 0. The highest BCUT2D eigenvalue weighted by Crippen LogP contribution is 2.26. The number of anilines is 1. The Balaban J connectivity index is 2.48. The predicted octanol–water partition coefficient (Wildman–Crippen LogP) is 3.75. The van der Waals surface area contributed by atoms with Crippen LogP contribution in [0.1, 0.15) is 24.6 Å². The molecule has 0 saturated heterocycles. The first-order valence-electron chi connectivity index (χ1n) is 6.00. The number of hydrogen-bond donors (Lipinski definition) is 1. The van der Waals surface area contributed by atoms with E-state index in [4.69, 9.17) is 5.73 Å². The molecule has 0 atom stereocenters. The van der Waals surface area contributed by atoms with Crippen LogP contribution in [-0.2, 0) is 6.42 Å². The van der Waals surface area contributed by atoms with Crippen molar-refractivity contribution in [3.63, 3.8) is 0 Å². The fourth-order valence-corrected chi connectivity index (χ4v) is 2.12. The molecule has 1 aromatic carbocycles. The van der Waals surface area contributed by atoms with Gasteiger partial charge in [0.05, 0.1) is 10.2 Å². The molecule has 0 radical (unpaired) electrons. The molecule has 0 fully saturated rings. The molecule has 0 aliphatic heterocycles. The SMILES string of the molecule is CCCc1nc(-c2ccc(C)cc2)nc(N)c1Br. The summed E-state index contributed by atoms with van der Waals surface area (Å²) in [7, 11) is 0. The van der Waals surface area contributed by atoms with Crippen LogP contribution in [-0.4, -0.2) is 9.97 Å². The number of nitrogens with two attached hydrogens (primary N) is 1. The van der Waals surface area contributed by atoms with Crippen molar-refractivity contribution >= 4 is 21.7 Å². The Labute approximate surface area is 116 Å². The van der Waals surface area contributed by atoms with E-state index in [0.29, 0.717) is 11.6 Å². The fourth-order valence-electron chi connectivity index (χ4n) is 1.75. The maximum Gasteiger partial charge on any atom is 0.161 e. The molecule has 0 unspecified atom stereocenters. The van der Waals surface area contributed by atoms with Crippen molar-refractivity contribution in [3.05, 3.63) is 40.0 Å². The smallest absolute Gasteiger partial charge is 0.161 e. The molecule has 2 rings (SSSR count). The summed E-state index contributed by atoms with van der Waals surface area (Å²) in [6.07, 6.45) is 1.93. The molecule has 1 heterocycles. The molecule has 0 amide bonds. The van der Waals surface area contributed by atoms with Crippen LogP contribution in [0.2, 0.25) is 0 Å². The summed E-state index contributed by atoms with van der Waals surface area (Å²) in [6.45, 7) is 4.18. The van der Waals surface area contributed by atoms with Crippen molar-refractivity contribution in [1.82, 2.24) is 9.97 Å². The average molecular weight is 306 g/mol. The van der Waals surface area contributed by atoms with E-state index in [9.17, 15) is 0 Å². The van der Waals surface area contributed by atoms with Crippen LogP contribution in [0.15, 0.2) is 28.7 Å². The van der Waals surface area contributed by atoms with Crippen LogP contribution >= 0.6 is 15.9 Å². The van der Waals surface area contributed by atoms with E-state index in [-0.39, 0.29) is 0 Å². The van der Waals surface area contributed by atoms with Gasteiger partial charge in [-0.25, -0.2) is 9.97 Å². The number of nitrogens with zero attached hydrogens (tertiary/aromatic N) is 2. The van der Waals surface area contributed by atoms with Gasteiger partial charge in [0, 0.05) is 5.56 Å². The lowest BCUT2D eigenvalue weighted by atomic mass is 10.1. The lowest BCUT2D eigenvalue weighted by Crippen LogP contribution is -2.02. The van der Waals surface area contributed by atoms with Crippen LogP contribution in [0.3, 0.4) is 0 Å². The molecule has 2 N–H and O–H groups in total. The first kappa shape index (κ1) is 13.0. The monoisotopic (exact) mass is 305 g/mol. The van der Waals surface area contributed by atoms with Gasteiger partial charge >= 0.3 is 0 Å². The number of halogens is 1. The van der Waals surface area contributed by atoms with Gasteiger partial charge in [-0.3, -0.25) is 0 Å². The summed E-state index contributed by atoms with van der Waals surface area (Å²) in [5.41, 5.74) is 9.11. The Kier molecular flexibility index (Phi) is 3.97. The van der Waals surface area contributed by atoms with Gasteiger partial charge in [-0.1, -0.05) is 43.2 Å². The van der Waals surface area contributed by atoms with Gasteiger partial charge < -0.3 is 5.73 Å². The van der Waals surface area contributed by atoms with Crippen molar-refractivity contribution < 1.29 is 0 Å². The van der Waals surface area contributed by atoms with Crippen LogP contribution in [0, 0.1) is 6.92 Å². The molecule has 18 heavy (non-hydrogen) atoms. The molecule has 0 spiro atoms. The fraction of sp³-hybridized carbons (Fsp3) is 0.286. The van der Waals surface area contributed by atoms with E-state index in [1.165, 1.54) is 5.56 Å². The van der Waals surface area contributed by atoms with Crippen molar-refractivity contribution in [2.45, 2.75) is 26.7 Å². The minimum absolute atomic E-state index is 0.504. The van der Waals surface area contributed by atoms with E-state index in [1.807, 2.05) is 12.1 Å². The quantitative estimate of drug-likeness (QED) is 0.939. The minimum atomic E-state index is 0.504. The van der Waals surface area contributed by atoms with Gasteiger partial charge in [-0.05, 0) is 29.3 Å². The zero-order chi connectivity index (χ0) is 13.1. The maximum atomic E-state index is 5.92. The summed E-state index contributed by atoms with van der Waals surface area (Å²) in [4.78, 5) is 8.92. The van der Waals surface area contributed by atoms with Crippen molar-refractivity contribution in [3.8, 4) is 11.4 Å². The molecule has 3 nitrogen and oxygen atoms in total. The largest absolute Gasteiger partial charge is 0.383 e. The minimum Gasteiger partial charge on any atom is -0.383 e. The Morgan fingerprint density at radius 3 is 2.44 bits per heavy atom. The number of nitrogen functional groups attached to an aromatic ring is 1. The van der Waals surface area contributed by atoms with Crippen LogP contribution < -0.4 is 5.73 Å². The Bertz CT molecular complexity index is 550. The van der Waals surface area contributed by atoms with Crippen molar-refractivity contribution in [1.29, 1.82) is 0 Å². The second-order valence-corrected chi connectivity index (χ2v) is 5.10. The molecular weight excluding hydrogens is 290 g/mol. The molecule has 94 valence electrons. The second-order valence-electron chi connectivity index (χ2n) is 4.31. The van der Waals surface area contributed by atoms with Crippen molar-refractivity contribution in [2.24, 2.45) is 0 Å². The van der Waals surface area contributed by atoms with Crippen LogP contribution in [0.4, 0.5) is 5.82 Å². The summed E-state index contributed by atoms with van der Waals surface area (Å²) in [6, 6.07) is 8.15. The molecule has 2 aromatic rings. The normalized spacial score (nSPS) is 10.6. The predicted molar refractivity (Wildman–Crippen MR) is 78.3 cm³/mol. The maximum absolute atomic E-state index is 5.92. The van der Waals surface area contributed by atoms with E-state index < -0.39 is 0 Å². The third kappa shape index (κ3) is 2.70. The van der Waals surface area contributed by atoms with Crippen LogP contribution in [0.25, 0.3) is 11.4 Å². The van der Waals surface area contributed by atoms with E-state index in [0.717, 1.165) is 28.6 Å². The summed E-state index contributed by atoms with van der Waals surface area (Å²) >= 11 is 3.45. The first-order valence-corrected chi connectivity index (χ1v) is 6.80. The second kappa shape index (κ2) is 5.48. The zero-order valence-corrected chi connectivity index (χ0v) is 12.2. The van der Waals surface area contributed by atoms with E-state index >= 15 is 0 Å². The lowest BCUT2D eigenvalue weighted by Gasteiger charge is -2.08. The van der Waals surface area contributed by atoms with E-state index in [2.05, 4.69) is 51.9 Å². The third-order valence-corrected chi connectivity index (χ3v) is 3.61. The Morgan fingerprint density at radius 2 is 1.83 bits per heavy atom. The summed E-state index contributed by atoms with van der Waals surface area (Å²) in [5.74, 6) is 1.20. The summed E-state index contributed by atoms with van der Waals surface area (Å²) < 4.78 is 0.820. The molecule has 0 aliphatic rings. The third-order valence-electron chi connectivity index (χ3n) is 2.74. The van der Waals surface area contributed by atoms with Crippen molar-refractivity contribution in [2.75, 3.05) is 5.73 Å². The average Bonchev–Trinajstić information content (AvgIpc) is 2.36. The lowest BCUT2D eigenvalue weighted by molar-refractivity contribution is 0.870. The zero-order valence-electron chi connectivity index (χ0n) is 10.6. The Morgan fingerprint density at radius 1 is 1.17 bits per heavy atom. The topological polar surface area (TPSA) is 51.8 Å². The van der Waals surface area contributed by atoms with Gasteiger partial charge in [0.1, 0.15) is 5.82 Å². The number of aryl methyl sites for hydroxylation is 2. The Hall–Kier alpha value is -1.42. The van der Waals surface area contributed by atoms with Gasteiger partial charge in [0.15, 0.2) is 5.82 Å². The molecule has 1 aromatic heterocycles. The molecular formula is C14H16BrN3. The highest BCUT2D eigenvalue weighted by atomic mass is 79.9. The van der Waals surface area contributed by atoms with Gasteiger partial charge in [-0.2, -0.15) is 0 Å². The molecule has 0 aliphatic carbocycles. The standard InChI is InChI=1S/C14H16BrN3/c1-3-4-11-12(15)13(16)18-14(17-11)10-7-5-9(2)6-8-10/h5-8H,3-4H2,1-2H3,(H2,16,17,18). The van der Waals surface area contributed by atoms with Crippen LogP contribution in [0.5, 0.6) is 0 Å². The molecule has 4 heteroatoms. The van der Waals surface area contributed by atoms with Gasteiger partial charge in [0.25, 0.3) is 0 Å². The van der Waals surface area contributed by atoms with E-state index in [1.54, 1.807) is 0 Å². The van der Waals surface area contributed by atoms with Gasteiger partial charge in [-0.15, -0.1) is 0 Å². The van der Waals surface area contributed by atoms with Gasteiger partial charge in [0.2, 0.25) is 0 Å². The molecule has 0 bridgehead atoms. The highest BCUT2D eigenvalue weighted by molar-refractivity contribution is 9.10. The number of aromatic nitrogens is 2. The number of benzene rings is 1. The first-order chi connectivity index (χ1) is 8.61.